The van der Waals surface area contributed by atoms with Crippen LogP contribution in [0.15, 0.2) is 51.4 Å². The molecule has 0 atom stereocenters. The maximum atomic E-state index is 13.5. The standard InChI is InChI=1S/C24H29N5O4S/c1-14(2)12-28(19-20(25)29(13-15(3)4)24(33)27-22(19)31)23(32)16-7-9-17(10-8-16)26-21(30)18-6-5-11-34-18/h5-11,14-15H,12-13,25H2,1-4H3,(H,26,30)(H,27,31,33). The van der Waals surface area contributed by atoms with Crippen molar-refractivity contribution in [3.63, 3.8) is 0 Å². The summed E-state index contributed by atoms with van der Waals surface area (Å²) < 4.78 is 1.28. The van der Waals surface area contributed by atoms with Crippen molar-refractivity contribution in [2.45, 2.75) is 34.2 Å². The summed E-state index contributed by atoms with van der Waals surface area (Å²) in [7, 11) is 0. The van der Waals surface area contributed by atoms with Gasteiger partial charge >= 0.3 is 5.69 Å². The van der Waals surface area contributed by atoms with E-state index in [1.165, 1.54) is 20.8 Å². The fourth-order valence-corrected chi connectivity index (χ4v) is 4.10. The van der Waals surface area contributed by atoms with Crippen molar-refractivity contribution in [3.8, 4) is 0 Å². The molecule has 0 aliphatic carbocycles. The van der Waals surface area contributed by atoms with E-state index >= 15 is 0 Å². The number of hydrogen-bond donors (Lipinski definition) is 3. The molecule has 2 amide bonds. The second kappa shape index (κ2) is 10.5. The van der Waals surface area contributed by atoms with Crippen LogP contribution in [-0.4, -0.2) is 27.9 Å². The summed E-state index contributed by atoms with van der Waals surface area (Å²) in [5, 5.41) is 4.60. The van der Waals surface area contributed by atoms with Crippen molar-refractivity contribution in [2.75, 3.05) is 22.5 Å². The largest absolute Gasteiger partial charge is 0.383 e. The van der Waals surface area contributed by atoms with Crippen molar-refractivity contribution in [2.24, 2.45) is 11.8 Å². The van der Waals surface area contributed by atoms with Gasteiger partial charge < -0.3 is 16.0 Å². The van der Waals surface area contributed by atoms with E-state index in [9.17, 15) is 19.2 Å². The highest BCUT2D eigenvalue weighted by Crippen LogP contribution is 2.22. The number of carbonyl (C=O) groups is 2. The number of rotatable bonds is 8. The van der Waals surface area contributed by atoms with Crippen molar-refractivity contribution in [3.05, 3.63) is 73.1 Å². The average molecular weight is 484 g/mol. The van der Waals surface area contributed by atoms with Gasteiger partial charge in [-0.3, -0.25) is 23.9 Å². The number of amides is 2. The smallest absolute Gasteiger partial charge is 0.330 e. The van der Waals surface area contributed by atoms with E-state index in [1.807, 2.05) is 33.1 Å². The van der Waals surface area contributed by atoms with Gasteiger partial charge in [-0.05, 0) is 47.5 Å². The van der Waals surface area contributed by atoms with Crippen LogP contribution >= 0.6 is 11.3 Å². The third-order valence-corrected chi connectivity index (χ3v) is 5.83. The lowest BCUT2D eigenvalue weighted by Gasteiger charge is -2.26. The van der Waals surface area contributed by atoms with E-state index in [0.717, 1.165) is 0 Å². The number of H-pyrrole nitrogens is 1. The number of benzene rings is 1. The van der Waals surface area contributed by atoms with Gasteiger partial charge in [0.25, 0.3) is 17.4 Å². The van der Waals surface area contributed by atoms with Gasteiger partial charge in [0.15, 0.2) is 5.69 Å². The van der Waals surface area contributed by atoms with E-state index in [1.54, 1.807) is 36.4 Å². The van der Waals surface area contributed by atoms with Gasteiger partial charge in [0.05, 0.1) is 4.88 Å². The number of nitrogens with one attached hydrogen (secondary N) is 2. The van der Waals surface area contributed by atoms with Gasteiger partial charge in [-0.15, -0.1) is 11.3 Å². The zero-order valence-corrected chi connectivity index (χ0v) is 20.4. The number of aromatic amines is 1. The Morgan fingerprint density at radius 3 is 2.32 bits per heavy atom. The van der Waals surface area contributed by atoms with Crippen LogP contribution in [0.2, 0.25) is 0 Å². The minimum atomic E-state index is -0.712. The Bertz CT molecular complexity index is 1270. The summed E-state index contributed by atoms with van der Waals surface area (Å²) >= 11 is 1.33. The fraction of sp³-hybridized carbons (Fsp3) is 0.333. The molecule has 0 fully saturated rings. The Labute approximate surface area is 201 Å². The summed E-state index contributed by atoms with van der Waals surface area (Å²) in [6.45, 7) is 8.20. The SMILES string of the molecule is CC(C)CN(C(=O)c1ccc(NC(=O)c2cccs2)cc1)c1c(N)n(CC(C)C)c(=O)[nH]c1=O. The van der Waals surface area contributed by atoms with Crippen LogP contribution in [-0.2, 0) is 6.54 Å². The second-order valence-corrected chi connectivity index (χ2v) is 9.76. The highest BCUT2D eigenvalue weighted by atomic mass is 32.1. The van der Waals surface area contributed by atoms with Crippen LogP contribution in [0.25, 0.3) is 0 Å². The van der Waals surface area contributed by atoms with Crippen molar-refractivity contribution < 1.29 is 9.59 Å². The zero-order chi connectivity index (χ0) is 25.0. The quantitative estimate of drug-likeness (QED) is 0.452. The summed E-state index contributed by atoms with van der Waals surface area (Å²) in [6.07, 6.45) is 0. The van der Waals surface area contributed by atoms with E-state index in [2.05, 4.69) is 10.3 Å². The molecule has 1 aromatic carbocycles. The maximum absolute atomic E-state index is 13.5. The summed E-state index contributed by atoms with van der Waals surface area (Å²) in [5.41, 5.74) is 5.74. The van der Waals surface area contributed by atoms with E-state index in [-0.39, 0.29) is 35.8 Å². The zero-order valence-electron chi connectivity index (χ0n) is 19.6. The highest BCUT2D eigenvalue weighted by Gasteiger charge is 2.26. The fourth-order valence-electron chi connectivity index (χ4n) is 3.48. The molecular weight excluding hydrogens is 454 g/mol. The molecule has 0 spiro atoms. The predicted molar refractivity (Wildman–Crippen MR) is 136 cm³/mol. The number of anilines is 3. The van der Waals surface area contributed by atoms with Gasteiger partial charge in [-0.25, -0.2) is 4.79 Å². The van der Waals surface area contributed by atoms with Crippen LogP contribution in [0.3, 0.4) is 0 Å². The number of thiophene rings is 1. The molecule has 0 saturated heterocycles. The molecule has 0 saturated carbocycles. The number of nitrogens with two attached hydrogens (primary N) is 1. The maximum Gasteiger partial charge on any atom is 0.330 e. The Morgan fingerprint density at radius 1 is 1.09 bits per heavy atom. The van der Waals surface area contributed by atoms with Gasteiger partial charge in [0, 0.05) is 24.3 Å². The average Bonchev–Trinajstić information content (AvgIpc) is 3.31. The van der Waals surface area contributed by atoms with Crippen LogP contribution in [0.4, 0.5) is 17.2 Å². The number of aromatic nitrogens is 2. The molecule has 180 valence electrons. The normalized spacial score (nSPS) is 11.1. The summed E-state index contributed by atoms with van der Waals surface area (Å²) in [5.74, 6) is -0.585. The molecule has 3 rings (SSSR count). The first-order valence-corrected chi connectivity index (χ1v) is 11.9. The van der Waals surface area contributed by atoms with E-state index in [4.69, 9.17) is 5.73 Å². The first kappa shape index (κ1) is 25.0. The minimum Gasteiger partial charge on any atom is -0.383 e. The van der Waals surface area contributed by atoms with Crippen LogP contribution in [0.1, 0.15) is 47.7 Å². The summed E-state index contributed by atoms with van der Waals surface area (Å²) in [4.78, 5) is 55.0. The molecule has 0 radical (unpaired) electrons. The topological polar surface area (TPSA) is 130 Å². The summed E-state index contributed by atoms with van der Waals surface area (Å²) in [6, 6.07) is 9.92. The van der Waals surface area contributed by atoms with Gasteiger partial charge in [0.1, 0.15) is 5.82 Å². The van der Waals surface area contributed by atoms with Gasteiger partial charge in [-0.2, -0.15) is 0 Å². The molecule has 9 nitrogen and oxygen atoms in total. The molecule has 0 unspecified atom stereocenters. The first-order valence-electron chi connectivity index (χ1n) is 11.0. The number of hydrogen-bond acceptors (Lipinski definition) is 6. The van der Waals surface area contributed by atoms with Crippen molar-refractivity contribution >= 4 is 40.3 Å². The molecule has 2 heterocycles. The molecule has 0 bridgehead atoms. The molecule has 2 aromatic heterocycles. The van der Waals surface area contributed by atoms with Gasteiger partial charge in [-0.1, -0.05) is 33.8 Å². The van der Waals surface area contributed by atoms with Crippen LogP contribution in [0, 0.1) is 11.8 Å². The number of nitrogen functional groups attached to an aromatic ring is 1. The lowest BCUT2D eigenvalue weighted by Crippen LogP contribution is -2.43. The second-order valence-electron chi connectivity index (χ2n) is 8.82. The molecule has 4 N–H and O–H groups in total. The Kier molecular flexibility index (Phi) is 7.72. The molecule has 0 aliphatic heterocycles. The molecule has 0 aliphatic rings. The van der Waals surface area contributed by atoms with Gasteiger partial charge in [0.2, 0.25) is 0 Å². The van der Waals surface area contributed by atoms with Crippen LogP contribution in [0.5, 0.6) is 0 Å². The monoisotopic (exact) mass is 483 g/mol. The van der Waals surface area contributed by atoms with E-state index in [0.29, 0.717) is 22.7 Å². The third-order valence-electron chi connectivity index (χ3n) is 4.96. The Balaban J connectivity index is 1.95. The Hall–Kier alpha value is -3.66. The lowest BCUT2D eigenvalue weighted by atomic mass is 10.1. The third kappa shape index (κ3) is 5.63. The minimum absolute atomic E-state index is 0.0255. The molecule has 3 aromatic rings. The molecular formula is C24H29N5O4S. The van der Waals surface area contributed by atoms with Crippen molar-refractivity contribution in [1.82, 2.24) is 9.55 Å². The Morgan fingerprint density at radius 2 is 1.76 bits per heavy atom. The van der Waals surface area contributed by atoms with Crippen molar-refractivity contribution in [1.29, 1.82) is 0 Å². The van der Waals surface area contributed by atoms with E-state index < -0.39 is 17.2 Å². The predicted octanol–water partition coefficient (Wildman–Crippen LogP) is 3.39. The molecule has 34 heavy (non-hydrogen) atoms. The first-order chi connectivity index (χ1) is 16.1. The van der Waals surface area contributed by atoms with Crippen LogP contribution < -0.4 is 27.2 Å². The molecule has 10 heteroatoms. The number of carbonyl (C=O) groups excluding carboxylic acids is 2. The highest BCUT2D eigenvalue weighted by molar-refractivity contribution is 7.12. The lowest BCUT2D eigenvalue weighted by molar-refractivity contribution is 0.0982. The number of nitrogens with zero attached hydrogens (tertiary/aromatic N) is 2.